The molecule has 0 aliphatic carbocycles. The minimum atomic E-state index is -3.53. The van der Waals surface area contributed by atoms with Crippen LogP contribution >= 0.6 is 0 Å². The van der Waals surface area contributed by atoms with Crippen LogP contribution in [0.4, 0.5) is 0 Å². The van der Waals surface area contributed by atoms with Gasteiger partial charge >= 0.3 is 0 Å². The van der Waals surface area contributed by atoms with Gasteiger partial charge in [-0.25, -0.2) is 13.1 Å². The van der Waals surface area contributed by atoms with Crippen molar-refractivity contribution in [2.45, 2.75) is 30.7 Å². The van der Waals surface area contributed by atoms with Crippen LogP contribution in [0.3, 0.4) is 0 Å². The van der Waals surface area contributed by atoms with Gasteiger partial charge in [-0.1, -0.05) is 0 Å². The Morgan fingerprint density at radius 3 is 2.48 bits per heavy atom. The van der Waals surface area contributed by atoms with E-state index >= 15 is 0 Å². The Morgan fingerprint density at radius 1 is 1.24 bits per heavy atom. The standard InChI is InChI=1S/C14H23NO5S/c1-12(8-11-19-2)15-21(17,18)14-6-4-13(5-7-14)20-10-3-9-16/h4-7,12,15-16H,3,8-11H2,1-2H3. The van der Waals surface area contributed by atoms with Gasteiger partial charge in [-0.3, -0.25) is 0 Å². The molecule has 2 N–H and O–H groups in total. The third-order valence-electron chi connectivity index (χ3n) is 2.82. The lowest BCUT2D eigenvalue weighted by molar-refractivity contribution is 0.188. The molecule has 0 saturated heterocycles. The maximum atomic E-state index is 12.2. The Labute approximate surface area is 126 Å². The lowest BCUT2D eigenvalue weighted by Gasteiger charge is -2.14. The molecular weight excluding hydrogens is 294 g/mol. The normalized spacial score (nSPS) is 13.1. The molecule has 1 aromatic carbocycles. The lowest BCUT2D eigenvalue weighted by atomic mass is 10.3. The Hall–Kier alpha value is -1.15. The Kier molecular flexibility index (Phi) is 7.66. The third-order valence-corrected chi connectivity index (χ3v) is 4.42. The van der Waals surface area contributed by atoms with Gasteiger partial charge in [-0.05, 0) is 37.6 Å². The van der Waals surface area contributed by atoms with Gasteiger partial charge in [0.15, 0.2) is 0 Å². The van der Waals surface area contributed by atoms with Crippen molar-refractivity contribution < 1.29 is 23.0 Å². The minimum absolute atomic E-state index is 0.0652. The summed E-state index contributed by atoms with van der Waals surface area (Å²) in [6, 6.07) is 6.01. The smallest absolute Gasteiger partial charge is 0.240 e. The van der Waals surface area contributed by atoms with Crippen molar-refractivity contribution in [1.82, 2.24) is 4.72 Å². The van der Waals surface area contributed by atoms with E-state index < -0.39 is 10.0 Å². The largest absolute Gasteiger partial charge is 0.494 e. The molecule has 0 aliphatic heterocycles. The fourth-order valence-electron chi connectivity index (χ4n) is 1.66. The van der Waals surface area contributed by atoms with Gasteiger partial charge in [-0.2, -0.15) is 0 Å². The van der Waals surface area contributed by atoms with Gasteiger partial charge in [-0.15, -0.1) is 0 Å². The van der Waals surface area contributed by atoms with Gasteiger partial charge in [0.05, 0.1) is 11.5 Å². The second kappa shape index (κ2) is 8.99. The molecular formula is C14H23NO5S. The summed E-state index contributed by atoms with van der Waals surface area (Å²) in [6.07, 6.45) is 1.15. The number of aliphatic hydroxyl groups is 1. The van der Waals surface area contributed by atoms with Crippen LogP contribution in [0.5, 0.6) is 5.75 Å². The van der Waals surface area contributed by atoms with Gasteiger partial charge in [0.1, 0.15) is 5.75 Å². The molecule has 6 nitrogen and oxygen atoms in total. The van der Waals surface area contributed by atoms with E-state index in [1.807, 2.05) is 0 Å². The van der Waals surface area contributed by atoms with E-state index in [0.29, 0.717) is 31.8 Å². The maximum Gasteiger partial charge on any atom is 0.240 e. The highest BCUT2D eigenvalue weighted by atomic mass is 32.2. The SMILES string of the molecule is COCCC(C)NS(=O)(=O)c1ccc(OCCCO)cc1. The zero-order valence-electron chi connectivity index (χ0n) is 12.4. The van der Waals surface area contributed by atoms with Crippen LogP contribution in [0.15, 0.2) is 29.2 Å². The Balaban J connectivity index is 2.62. The number of hydrogen-bond acceptors (Lipinski definition) is 5. The number of aliphatic hydroxyl groups excluding tert-OH is 1. The number of hydrogen-bond donors (Lipinski definition) is 2. The first-order chi connectivity index (χ1) is 9.99. The molecule has 7 heteroatoms. The first-order valence-corrected chi connectivity index (χ1v) is 8.33. The summed E-state index contributed by atoms with van der Waals surface area (Å²) in [5.74, 6) is 0.579. The lowest BCUT2D eigenvalue weighted by Crippen LogP contribution is -2.33. The van der Waals surface area contributed by atoms with Crippen molar-refractivity contribution in [3.05, 3.63) is 24.3 Å². The molecule has 0 saturated carbocycles. The highest BCUT2D eigenvalue weighted by Gasteiger charge is 2.17. The molecule has 1 unspecified atom stereocenters. The second-order valence-corrected chi connectivity index (χ2v) is 6.41. The predicted molar refractivity (Wildman–Crippen MR) is 79.9 cm³/mol. The van der Waals surface area contributed by atoms with Crippen LogP contribution in [0, 0.1) is 0 Å². The zero-order chi connectivity index (χ0) is 15.7. The summed E-state index contributed by atoms with van der Waals surface area (Å²) in [4.78, 5) is 0.196. The summed E-state index contributed by atoms with van der Waals surface area (Å²) < 4.78 is 37.2. The summed E-state index contributed by atoms with van der Waals surface area (Å²) in [6.45, 7) is 2.76. The number of methoxy groups -OCH3 is 1. The van der Waals surface area contributed by atoms with Crippen molar-refractivity contribution in [3.8, 4) is 5.75 Å². The van der Waals surface area contributed by atoms with E-state index in [4.69, 9.17) is 14.6 Å². The number of rotatable bonds is 10. The maximum absolute atomic E-state index is 12.2. The molecule has 120 valence electrons. The Bertz CT molecular complexity index is 501. The van der Waals surface area contributed by atoms with Crippen LogP contribution in [-0.4, -0.2) is 46.5 Å². The van der Waals surface area contributed by atoms with Crippen molar-refractivity contribution in [3.63, 3.8) is 0 Å². The summed E-state index contributed by atoms with van der Waals surface area (Å²) in [5.41, 5.74) is 0. The van der Waals surface area contributed by atoms with E-state index in [2.05, 4.69) is 4.72 Å². The van der Waals surface area contributed by atoms with Crippen LogP contribution in [0.2, 0.25) is 0 Å². The molecule has 1 aromatic rings. The minimum Gasteiger partial charge on any atom is -0.494 e. The van der Waals surface area contributed by atoms with Crippen LogP contribution in [0.1, 0.15) is 19.8 Å². The molecule has 1 rings (SSSR count). The van der Waals surface area contributed by atoms with E-state index in [1.165, 1.54) is 12.1 Å². The molecule has 0 bridgehead atoms. The molecule has 0 aliphatic rings. The monoisotopic (exact) mass is 317 g/mol. The highest BCUT2D eigenvalue weighted by Crippen LogP contribution is 2.16. The number of nitrogens with one attached hydrogen (secondary N) is 1. The van der Waals surface area contributed by atoms with Gasteiger partial charge in [0, 0.05) is 32.8 Å². The van der Waals surface area contributed by atoms with Crippen molar-refractivity contribution in [2.24, 2.45) is 0 Å². The average Bonchev–Trinajstić information content (AvgIpc) is 2.45. The van der Waals surface area contributed by atoms with Crippen LogP contribution in [0.25, 0.3) is 0 Å². The van der Waals surface area contributed by atoms with E-state index in [1.54, 1.807) is 26.2 Å². The van der Waals surface area contributed by atoms with Crippen LogP contribution < -0.4 is 9.46 Å². The molecule has 0 heterocycles. The summed E-state index contributed by atoms with van der Waals surface area (Å²) in [5, 5.41) is 8.66. The van der Waals surface area contributed by atoms with E-state index in [0.717, 1.165) is 0 Å². The van der Waals surface area contributed by atoms with Gasteiger partial charge < -0.3 is 14.6 Å². The van der Waals surface area contributed by atoms with E-state index in [9.17, 15) is 8.42 Å². The van der Waals surface area contributed by atoms with Gasteiger partial charge in [0.2, 0.25) is 10.0 Å². The Morgan fingerprint density at radius 2 is 1.90 bits per heavy atom. The number of benzene rings is 1. The fourth-order valence-corrected chi connectivity index (χ4v) is 2.93. The molecule has 0 amide bonds. The molecule has 0 fully saturated rings. The quantitative estimate of drug-likeness (QED) is 0.632. The first kappa shape index (κ1) is 17.9. The molecule has 0 radical (unpaired) electrons. The van der Waals surface area contributed by atoms with Crippen molar-refractivity contribution >= 4 is 10.0 Å². The number of ether oxygens (including phenoxy) is 2. The molecule has 0 spiro atoms. The highest BCUT2D eigenvalue weighted by molar-refractivity contribution is 7.89. The predicted octanol–water partition coefficient (Wildman–Crippen LogP) is 1.15. The summed E-state index contributed by atoms with van der Waals surface area (Å²) in [7, 11) is -1.95. The summed E-state index contributed by atoms with van der Waals surface area (Å²) >= 11 is 0. The third kappa shape index (κ3) is 6.43. The van der Waals surface area contributed by atoms with E-state index in [-0.39, 0.29) is 17.5 Å². The second-order valence-electron chi connectivity index (χ2n) is 4.70. The van der Waals surface area contributed by atoms with Gasteiger partial charge in [0.25, 0.3) is 0 Å². The molecule has 21 heavy (non-hydrogen) atoms. The van der Waals surface area contributed by atoms with Crippen molar-refractivity contribution in [2.75, 3.05) is 26.9 Å². The average molecular weight is 317 g/mol. The topological polar surface area (TPSA) is 84.9 Å². The zero-order valence-corrected chi connectivity index (χ0v) is 13.2. The first-order valence-electron chi connectivity index (χ1n) is 6.84. The van der Waals surface area contributed by atoms with Crippen LogP contribution in [-0.2, 0) is 14.8 Å². The fraction of sp³-hybridized carbons (Fsp3) is 0.571. The van der Waals surface area contributed by atoms with Crippen molar-refractivity contribution in [1.29, 1.82) is 0 Å². The molecule has 0 aromatic heterocycles. The molecule has 1 atom stereocenters. The number of sulfonamides is 1.